The van der Waals surface area contributed by atoms with E-state index in [0.717, 1.165) is 12.1 Å². The maximum Gasteiger partial charge on any atom is 0.294 e. The van der Waals surface area contributed by atoms with Crippen LogP contribution in [0.25, 0.3) is 0 Å². The predicted molar refractivity (Wildman–Crippen MR) is 81.7 cm³/mol. The summed E-state index contributed by atoms with van der Waals surface area (Å²) in [5.74, 6) is 0. The monoisotopic (exact) mass is 352 g/mol. The van der Waals surface area contributed by atoms with Crippen molar-refractivity contribution in [1.82, 2.24) is 0 Å². The largest absolute Gasteiger partial charge is 0.311 e. The van der Waals surface area contributed by atoms with Crippen molar-refractivity contribution in [3.05, 3.63) is 24.3 Å². The van der Waals surface area contributed by atoms with Crippen LogP contribution in [-0.4, -0.2) is 29.7 Å². The molecular weight excluding hydrogens is 332 g/mol. The lowest BCUT2D eigenvalue weighted by Crippen LogP contribution is -2.38. The molecule has 0 spiro atoms. The first-order valence-electron chi connectivity index (χ1n) is 6.63. The topological polar surface area (TPSA) is 97.7 Å². The highest BCUT2D eigenvalue weighted by molar-refractivity contribution is 7.88. The van der Waals surface area contributed by atoms with Gasteiger partial charge < -0.3 is 3.87 Å². The Hall–Kier alpha value is -0.743. The van der Waals surface area contributed by atoms with Gasteiger partial charge in [0.15, 0.2) is 0 Å². The van der Waals surface area contributed by atoms with Gasteiger partial charge in [0.25, 0.3) is 20.2 Å². The Labute approximate surface area is 127 Å². The second-order valence-electron chi connectivity index (χ2n) is 4.73. The van der Waals surface area contributed by atoms with Crippen molar-refractivity contribution in [1.29, 1.82) is 0 Å². The molecule has 1 aromatic rings. The lowest BCUT2D eigenvalue weighted by molar-refractivity contribution is 0.474. The van der Waals surface area contributed by atoms with E-state index in [-0.39, 0.29) is 4.90 Å². The van der Waals surface area contributed by atoms with Crippen molar-refractivity contribution in [2.45, 2.75) is 48.7 Å². The molecule has 0 aliphatic rings. The van der Waals surface area contributed by atoms with Crippen LogP contribution in [0.2, 0.25) is 18.1 Å². The van der Waals surface area contributed by atoms with Gasteiger partial charge in [0.2, 0.25) is 8.32 Å². The fraction of sp³-hybridized carbons (Fsp3) is 0.500. The molecule has 0 aliphatic heterocycles. The highest BCUT2D eigenvalue weighted by atomic mass is 32.2. The van der Waals surface area contributed by atoms with Gasteiger partial charge in [0.1, 0.15) is 0 Å². The highest BCUT2D eigenvalue weighted by Gasteiger charge is 2.35. The molecule has 0 amide bonds. The summed E-state index contributed by atoms with van der Waals surface area (Å²) >= 11 is 0. The maximum absolute atomic E-state index is 12.3. The number of hydrogen-bond donors (Lipinski definition) is 1. The molecule has 1 rings (SSSR count). The third-order valence-electron chi connectivity index (χ3n) is 3.61. The fourth-order valence-electron chi connectivity index (χ4n) is 2.00. The van der Waals surface area contributed by atoms with Crippen LogP contribution in [0.3, 0.4) is 0 Å². The van der Waals surface area contributed by atoms with Crippen LogP contribution in [0.15, 0.2) is 34.1 Å². The molecule has 1 N–H and O–H groups in total. The normalized spacial score (nSPS) is 13.3. The minimum absolute atomic E-state index is 0.259. The van der Waals surface area contributed by atoms with Gasteiger partial charge in [-0.15, -0.1) is 0 Å². The van der Waals surface area contributed by atoms with Crippen LogP contribution in [-0.2, 0) is 24.1 Å². The van der Waals surface area contributed by atoms with Crippen LogP contribution in [0.5, 0.6) is 0 Å². The standard InChI is InChI=1S/C12H20O6S2Si/c1-4-21(5-2,6-3)18-20(16,17)12-9-7-8-11(10-12)19(13,14)15/h7-10H,4-6H2,1-3H3,(H,13,14,15). The maximum atomic E-state index is 12.3. The molecule has 0 saturated carbocycles. The minimum atomic E-state index is -4.45. The number of benzene rings is 1. The molecule has 0 heterocycles. The lowest BCUT2D eigenvalue weighted by atomic mass is 10.4. The van der Waals surface area contributed by atoms with E-state index in [1.54, 1.807) is 0 Å². The predicted octanol–water partition coefficient (Wildman–Crippen LogP) is 2.64. The first-order chi connectivity index (χ1) is 9.60. The van der Waals surface area contributed by atoms with Crippen LogP contribution in [0.1, 0.15) is 20.8 Å². The van der Waals surface area contributed by atoms with Gasteiger partial charge in [-0.05, 0) is 36.3 Å². The van der Waals surface area contributed by atoms with Crippen LogP contribution < -0.4 is 0 Å². The Morgan fingerprint density at radius 1 is 1.00 bits per heavy atom. The van der Waals surface area contributed by atoms with Crippen molar-refractivity contribution in [3.8, 4) is 0 Å². The first kappa shape index (κ1) is 18.3. The fourth-order valence-corrected chi connectivity index (χ4v) is 8.28. The minimum Gasteiger partial charge on any atom is -0.311 e. The number of rotatable bonds is 7. The van der Waals surface area contributed by atoms with Crippen molar-refractivity contribution < 1.29 is 25.3 Å². The second kappa shape index (κ2) is 6.57. The molecule has 0 atom stereocenters. The molecule has 0 bridgehead atoms. The molecule has 0 aromatic heterocycles. The summed E-state index contributed by atoms with van der Waals surface area (Å²) < 4.78 is 61.3. The molecule has 21 heavy (non-hydrogen) atoms. The van der Waals surface area contributed by atoms with Crippen molar-refractivity contribution >= 4 is 28.6 Å². The Balaban J connectivity index is 3.26. The smallest absolute Gasteiger partial charge is 0.294 e. The summed E-state index contributed by atoms with van der Waals surface area (Å²) in [6.45, 7) is 5.68. The van der Waals surface area contributed by atoms with Gasteiger partial charge in [-0.1, -0.05) is 26.8 Å². The third kappa shape index (κ3) is 4.36. The molecule has 0 radical (unpaired) electrons. The lowest BCUT2D eigenvalue weighted by Gasteiger charge is -2.26. The van der Waals surface area contributed by atoms with E-state index < -0.39 is 33.4 Å². The van der Waals surface area contributed by atoms with E-state index >= 15 is 0 Å². The average molecular weight is 353 g/mol. The van der Waals surface area contributed by atoms with Gasteiger partial charge in [-0.25, -0.2) is 0 Å². The molecule has 0 saturated heterocycles. The Kier molecular flexibility index (Phi) is 5.73. The van der Waals surface area contributed by atoms with E-state index in [9.17, 15) is 16.8 Å². The molecular formula is C12H20O6S2Si. The highest BCUT2D eigenvalue weighted by Crippen LogP contribution is 2.27. The third-order valence-corrected chi connectivity index (χ3v) is 11.5. The van der Waals surface area contributed by atoms with Crippen molar-refractivity contribution in [3.63, 3.8) is 0 Å². The zero-order valence-electron chi connectivity index (χ0n) is 12.2. The van der Waals surface area contributed by atoms with Gasteiger partial charge in [-0.3, -0.25) is 4.55 Å². The van der Waals surface area contributed by atoms with Gasteiger partial charge in [-0.2, -0.15) is 16.8 Å². The van der Waals surface area contributed by atoms with E-state index in [0.29, 0.717) is 18.1 Å². The zero-order valence-corrected chi connectivity index (χ0v) is 14.9. The van der Waals surface area contributed by atoms with E-state index in [2.05, 4.69) is 0 Å². The molecule has 9 heteroatoms. The van der Waals surface area contributed by atoms with Gasteiger partial charge in [0.05, 0.1) is 9.79 Å². The van der Waals surface area contributed by atoms with Crippen molar-refractivity contribution in [2.75, 3.05) is 0 Å². The summed E-state index contributed by atoms with van der Waals surface area (Å²) in [5, 5.41) is 0. The molecule has 0 fully saturated rings. The number of hydrogen-bond acceptors (Lipinski definition) is 5. The summed E-state index contributed by atoms with van der Waals surface area (Å²) in [6.07, 6.45) is 0. The molecule has 120 valence electrons. The van der Waals surface area contributed by atoms with E-state index in [1.165, 1.54) is 12.1 Å². The Morgan fingerprint density at radius 2 is 1.48 bits per heavy atom. The molecule has 6 nitrogen and oxygen atoms in total. The van der Waals surface area contributed by atoms with Gasteiger partial charge in [0, 0.05) is 0 Å². The first-order valence-corrected chi connectivity index (χ1v) is 12.0. The Morgan fingerprint density at radius 3 is 1.90 bits per heavy atom. The quantitative estimate of drug-likeness (QED) is 0.598. The summed E-state index contributed by atoms with van der Waals surface area (Å²) in [5.41, 5.74) is 0. The SMILES string of the molecule is CC[Si](CC)(CC)OS(=O)(=O)c1cccc(S(=O)(=O)O)c1. The molecule has 1 aromatic carbocycles. The van der Waals surface area contributed by atoms with Crippen LogP contribution >= 0.6 is 0 Å². The van der Waals surface area contributed by atoms with Gasteiger partial charge >= 0.3 is 0 Å². The second-order valence-corrected chi connectivity index (χ2v) is 12.7. The summed E-state index contributed by atoms with van der Waals surface area (Å²) in [4.78, 5) is -0.728. The summed E-state index contributed by atoms with van der Waals surface area (Å²) in [6, 6.07) is 6.49. The Bertz CT molecular complexity index is 684. The van der Waals surface area contributed by atoms with E-state index in [1.807, 2.05) is 20.8 Å². The average Bonchev–Trinajstić information content (AvgIpc) is 2.44. The molecule has 0 unspecified atom stereocenters. The van der Waals surface area contributed by atoms with Crippen LogP contribution in [0.4, 0.5) is 0 Å². The zero-order chi connectivity index (χ0) is 16.3. The van der Waals surface area contributed by atoms with Crippen LogP contribution in [0, 0.1) is 0 Å². The van der Waals surface area contributed by atoms with Crippen molar-refractivity contribution in [2.24, 2.45) is 0 Å². The van der Waals surface area contributed by atoms with E-state index in [4.69, 9.17) is 8.42 Å². The molecule has 0 aliphatic carbocycles. The summed E-state index contributed by atoms with van der Waals surface area (Å²) in [7, 11) is -10.9.